The van der Waals surface area contributed by atoms with Crippen LogP contribution in [-0.4, -0.2) is 18.2 Å². The summed E-state index contributed by atoms with van der Waals surface area (Å²) in [6.45, 7) is 0. The molecule has 0 aliphatic heterocycles. The maximum absolute atomic E-state index is 11.2. The fourth-order valence-electron chi connectivity index (χ4n) is 0.940. The first-order chi connectivity index (χ1) is 6.49. The van der Waals surface area contributed by atoms with Crippen molar-refractivity contribution in [2.24, 2.45) is 0 Å². The van der Waals surface area contributed by atoms with Crippen LogP contribution in [0.2, 0.25) is 0 Å². The molecule has 0 aliphatic rings. The summed E-state index contributed by atoms with van der Waals surface area (Å²) < 4.78 is 4.89. The minimum Gasteiger partial charge on any atom is -0.505 e. The SMILES string of the molecule is COC(=O)c1cc(Br)c(N)c(N)c1O. The van der Waals surface area contributed by atoms with Gasteiger partial charge in [0.05, 0.1) is 18.5 Å². The predicted octanol–water partition coefficient (Wildman–Crippen LogP) is 1.11. The minimum absolute atomic E-state index is 0.0222. The average molecular weight is 261 g/mol. The number of nitrogen functional groups attached to an aromatic ring is 2. The zero-order chi connectivity index (χ0) is 10.9. The van der Waals surface area contributed by atoms with Crippen molar-refractivity contribution in [3.63, 3.8) is 0 Å². The van der Waals surface area contributed by atoms with Crippen LogP contribution in [0.15, 0.2) is 10.5 Å². The monoisotopic (exact) mass is 260 g/mol. The molecule has 1 aromatic carbocycles. The topological polar surface area (TPSA) is 98.6 Å². The normalized spacial score (nSPS) is 9.86. The van der Waals surface area contributed by atoms with E-state index in [4.69, 9.17) is 11.5 Å². The Hall–Kier alpha value is -1.43. The van der Waals surface area contributed by atoms with E-state index in [0.29, 0.717) is 4.47 Å². The second-order valence-corrected chi connectivity index (χ2v) is 3.43. The zero-order valence-corrected chi connectivity index (χ0v) is 8.96. The molecule has 0 saturated carbocycles. The molecule has 0 aliphatic carbocycles. The molecule has 1 aromatic rings. The largest absolute Gasteiger partial charge is 0.505 e. The molecule has 6 heteroatoms. The van der Waals surface area contributed by atoms with Crippen molar-refractivity contribution >= 4 is 33.3 Å². The second-order valence-electron chi connectivity index (χ2n) is 2.57. The van der Waals surface area contributed by atoms with Crippen LogP contribution in [0.5, 0.6) is 5.75 Å². The highest BCUT2D eigenvalue weighted by molar-refractivity contribution is 9.10. The summed E-state index contributed by atoms with van der Waals surface area (Å²) in [5.41, 5.74) is 11.1. The van der Waals surface area contributed by atoms with Crippen molar-refractivity contribution in [3.8, 4) is 5.75 Å². The van der Waals surface area contributed by atoms with E-state index in [1.165, 1.54) is 13.2 Å². The van der Waals surface area contributed by atoms with Gasteiger partial charge in [0.1, 0.15) is 5.56 Å². The number of methoxy groups -OCH3 is 1. The van der Waals surface area contributed by atoms with Gasteiger partial charge in [-0.3, -0.25) is 0 Å². The summed E-state index contributed by atoms with van der Waals surface area (Å²) in [6, 6.07) is 1.35. The summed E-state index contributed by atoms with van der Waals surface area (Å²) in [6.07, 6.45) is 0. The number of hydrogen-bond donors (Lipinski definition) is 3. The molecule has 0 bridgehead atoms. The third-order valence-electron chi connectivity index (χ3n) is 1.73. The number of ether oxygens (including phenoxy) is 1. The highest BCUT2D eigenvalue weighted by Gasteiger charge is 2.17. The van der Waals surface area contributed by atoms with Crippen molar-refractivity contribution < 1.29 is 14.6 Å². The van der Waals surface area contributed by atoms with Crippen LogP contribution >= 0.6 is 15.9 Å². The summed E-state index contributed by atoms with van der Waals surface area (Å²) in [7, 11) is 1.21. The Bertz CT molecular complexity index is 393. The van der Waals surface area contributed by atoms with Crippen LogP contribution in [0, 0.1) is 0 Å². The van der Waals surface area contributed by atoms with Gasteiger partial charge in [0.15, 0.2) is 5.75 Å². The number of nitrogens with two attached hydrogens (primary N) is 2. The van der Waals surface area contributed by atoms with Crippen molar-refractivity contribution in [3.05, 3.63) is 16.1 Å². The van der Waals surface area contributed by atoms with Gasteiger partial charge in [-0.2, -0.15) is 0 Å². The molecule has 0 amide bonds. The number of phenols is 1. The van der Waals surface area contributed by atoms with Gasteiger partial charge in [0.25, 0.3) is 0 Å². The van der Waals surface area contributed by atoms with Crippen LogP contribution in [-0.2, 0) is 4.74 Å². The second kappa shape index (κ2) is 3.75. The van der Waals surface area contributed by atoms with Gasteiger partial charge in [-0.15, -0.1) is 0 Å². The van der Waals surface area contributed by atoms with E-state index in [1.807, 2.05) is 0 Å². The lowest BCUT2D eigenvalue weighted by Gasteiger charge is -2.09. The minimum atomic E-state index is -0.671. The molecule has 0 saturated heterocycles. The smallest absolute Gasteiger partial charge is 0.341 e. The van der Waals surface area contributed by atoms with E-state index in [1.54, 1.807) is 0 Å². The van der Waals surface area contributed by atoms with Crippen molar-refractivity contribution in [1.29, 1.82) is 0 Å². The molecule has 0 atom stereocenters. The van der Waals surface area contributed by atoms with Gasteiger partial charge in [-0.05, 0) is 22.0 Å². The standard InChI is InChI=1S/C8H9BrN2O3/c1-14-8(13)3-2-4(9)5(10)6(11)7(3)12/h2,12H,10-11H2,1H3. The lowest BCUT2D eigenvalue weighted by molar-refractivity contribution is 0.0597. The van der Waals surface area contributed by atoms with Gasteiger partial charge in [-0.1, -0.05) is 0 Å². The lowest BCUT2D eigenvalue weighted by atomic mass is 10.1. The van der Waals surface area contributed by atoms with Crippen LogP contribution in [0.3, 0.4) is 0 Å². The summed E-state index contributed by atoms with van der Waals surface area (Å²) in [5.74, 6) is -1.03. The molecule has 1 rings (SSSR count). The van der Waals surface area contributed by atoms with Crippen LogP contribution in [0.4, 0.5) is 11.4 Å². The van der Waals surface area contributed by atoms with Gasteiger partial charge >= 0.3 is 5.97 Å². The average Bonchev–Trinajstić information content (AvgIpc) is 2.19. The van der Waals surface area contributed by atoms with E-state index in [-0.39, 0.29) is 22.7 Å². The molecular weight excluding hydrogens is 252 g/mol. The molecule has 5 nitrogen and oxygen atoms in total. The number of phenolic OH excluding ortho intramolecular Hbond substituents is 1. The van der Waals surface area contributed by atoms with E-state index in [2.05, 4.69) is 20.7 Å². The summed E-state index contributed by atoms with van der Waals surface area (Å²) in [5, 5.41) is 9.48. The fourth-order valence-corrected chi connectivity index (χ4v) is 1.38. The van der Waals surface area contributed by atoms with Gasteiger partial charge in [0.2, 0.25) is 0 Å². The lowest BCUT2D eigenvalue weighted by Crippen LogP contribution is -2.05. The molecule has 0 radical (unpaired) electrons. The number of benzene rings is 1. The molecule has 76 valence electrons. The Morgan fingerprint density at radius 3 is 2.57 bits per heavy atom. The third-order valence-corrected chi connectivity index (χ3v) is 2.39. The Balaban J connectivity index is 3.40. The quantitative estimate of drug-likeness (QED) is 0.399. The number of esters is 1. The zero-order valence-electron chi connectivity index (χ0n) is 7.37. The number of anilines is 2. The van der Waals surface area contributed by atoms with E-state index < -0.39 is 5.97 Å². The maximum atomic E-state index is 11.2. The summed E-state index contributed by atoms with van der Waals surface area (Å²) >= 11 is 3.10. The number of rotatable bonds is 1. The van der Waals surface area contributed by atoms with Gasteiger partial charge < -0.3 is 21.3 Å². The van der Waals surface area contributed by atoms with Crippen LogP contribution < -0.4 is 11.5 Å². The molecule has 0 fully saturated rings. The maximum Gasteiger partial charge on any atom is 0.341 e. The molecule has 0 spiro atoms. The Morgan fingerprint density at radius 2 is 2.07 bits per heavy atom. The first kappa shape index (κ1) is 10.6. The molecule has 0 heterocycles. The first-order valence-electron chi connectivity index (χ1n) is 3.63. The van der Waals surface area contributed by atoms with Gasteiger partial charge in [0, 0.05) is 4.47 Å². The van der Waals surface area contributed by atoms with Crippen molar-refractivity contribution in [2.75, 3.05) is 18.6 Å². The number of carbonyl (C=O) groups is 1. The predicted molar refractivity (Wildman–Crippen MR) is 56.0 cm³/mol. The Morgan fingerprint density at radius 1 is 1.50 bits per heavy atom. The van der Waals surface area contributed by atoms with E-state index >= 15 is 0 Å². The highest BCUT2D eigenvalue weighted by Crippen LogP contribution is 2.36. The number of aromatic hydroxyl groups is 1. The Labute approximate surface area is 88.8 Å². The van der Waals surface area contributed by atoms with Crippen LogP contribution in [0.1, 0.15) is 10.4 Å². The molecule has 0 aromatic heterocycles. The number of hydrogen-bond acceptors (Lipinski definition) is 5. The molecular formula is C8H9BrN2O3. The van der Waals surface area contributed by atoms with E-state index in [9.17, 15) is 9.90 Å². The van der Waals surface area contributed by atoms with Crippen molar-refractivity contribution in [2.45, 2.75) is 0 Å². The summed E-state index contributed by atoms with van der Waals surface area (Å²) in [4.78, 5) is 11.2. The van der Waals surface area contributed by atoms with Crippen LogP contribution in [0.25, 0.3) is 0 Å². The highest BCUT2D eigenvalue weighted by atomic mass is 79.9. The number of halogens is 1. The van der Waals surface area contributed by atoms with Gasteiger partial charge in [-0.25, -0.2) is 4.79 Å². The molecule has 5 N–H and O–H groups in total. The number of carbonyl (C=O) groups excluding carboxylic acids is 1. The fraction of sp³-hybridized carbons (Fsp3) is 0.125. The third kappa shape index (κ3) is 1.60. The van der Waals surface area contributed by atoms with Crippen molar-refractivity contribution in [1.82, 2.24) is 0 Å². The van der Waals surface area contributed by atoms with E-state index in [0.717, 1.165) is 0 Å². The molecule has 0 unspecified atom stereocenters. The first-order valence-corrected chi connectivity index (χ1v) is 4.43. The Kier molecular flexibility index (Phi) is 2.85. The molecule has 14 heavy (non-hydrogen) atoms.